The Morgan fingerprint density at radius 2 is 2.22 bits per heavy atom. The van der Waals surface area contributed by atoms with Gasteiger partial charge in [0.05, 0.1) is 0 Å². The van der Waals surface area contributed by atoms with Gasteiger partial charge >= 0.3 is 0 Å². The van der Waals surface area contributed by atoms with Crippen molar-refractivity contribution in [3.8, 4) is 0 Å². The summed E-state index contributed by atoms with van der Waals surface area (Å²) in [7, 11) is 0. The first-order valence-corrected chi connectivity index (χ1v) is 3.13. The van der Waals surface area contributed by atoms with Gasteiger partial charge in [-0.05, 0) is 17.5 Å². The minimum Gasteiger partial charge on any atom is -0.340 e. The number of nitrogen functional groups attached to an aromatic ring is 1. The molecule has 2 nitrogen and oxygen atoms in total. The summed E-state index contributed by atoms with van der Waals surface area (Å²) >= 11 is 0. The number of hydrogen-bond donors (Lipinski definition) is 1. The Morgan fingerprint density at radius 1 is 1.56 bits per heavy atom. The largest absolute Gasteiger partial charge is 0.340 e. The Hall–Kier alpha value is -0.920. The van der Waals surface area contributed by atoms with Crippen molar-refractivity contribution in [1.29, 1.82) is 0 Å². The minimum absolute atomic E-state index is 0.579. The maximum Gasteiger partial charge on any atom is 0.0290 e. The molecule has 0 amide bonds. The van der Waals surface area contributed by atoms with E-state index in [4.69, 9.17) is 5.84 Å². The van der Waals surface area contributed by atoms with Crippen LogP contribution < -0.4 is 5.84 Å². The van der Waals surface area contributed by atoms with Crippen LogP contribution in [0.4, 0.5) is 0 Å². The Morgan fingerprint density at radius 3 is 2.44 bits per heavy atom. The number of hydrogen-bond acceptors (Lipinski definition) is 1. The standard InChI is InChI=1S/C7H12N2/c1-6(2)7-3-4-9(8)5-7/h3-6H,8H2,1-2H3. The molecule has 0 aromatic carbocycles. The zero-order valence-corrected chi connectivity index (χ0v) is 5.83. The summed E-state index contributed by atoms with van der Waals surface area (Å²) in [6.07, 6.45) is 3.79. The van der Waals surface area contributed by atoms with E-state index < -0.39 is 0 Å². The van der Waals surface area contributed by atoms with Gasteiger partial charge in [-0.2, -0.15) is 0 Å². The number of rotatable bonds is 1. The fraction of sp³-hybridized carbons (Fsp3) is 0.429. The lowest BCUT2D eigenvalue weighted by Crippen LogP contribution is -2.03. The van der Waals surface area contributed by atoms with Crippen molar-refractivity contribution >= 4 is 0 Å². The Balaban J connectivity index is 2.85. The van der Waals surface area contributed by atoms with Gasteiger partial charge in [-0.15, -0.1) is 0 Å². The predicted molar refractivity (Wildman–Crippen MR) is 38.7 cm³/mol. The molecule has 1 aromatic rings. The van der Waals surface area contributed by atoms with E-state index in [1.807, 2.05) is 18.5 Å². The molecule has 2 N–H and O–H groups in total. The molecule has 9 heavy (non-hydrogen) atoms. The van der Waals surface area contributed by atoms with Gasteiger partial charge in [-0.3, -0.25) is 4.68 Å². The number of aromatic nitrogens is 1. The molecule has 0 atom stereocenters. The molecule has 2 heteroatoms. The summed E-state index contributed by atoms with van der Waals surface area (Å²) in [5, 5.41) is 0. The highest BCUT2D eigenvalue weighted by Gasteiger charge is 1.97. The average Bonchev–Trinajstić information content (AvgIpc) is 2.14. The van der Waals surface area contributed by atoms with E-state index in [1.54, 1.807) is 4.68 Å². The summed E-state index contributed by atoms with van der Waals surface area (Å²) in [4.78, 5) is 0. The van der Waals surface area contributed by atoms with Crippen molar-refractivity contribution in [3.63, 3.8) is 0 Å². The third-order valence-electron chi connectivity index (χ3n) is 1.40. The minimum atomic E-state index is 0.579. The molecule has 1 heterocycles. The molecule has 0 bridgehead atoms. The fourth-order valence-electron chi connectivity index (χ4n) is 0.772. The Bertz CT molecular complexity index is 189. The van der Waals surface area contributed by atoms with Crippen molar-refractivity contribution in [3.05, 3.63) is 24.0 Å². The Kier molecular flexibility index (Phi) is 1.47. The average molecular weight is 124 g/mol. The molecule has 1 aromatic heterocycles. The molecule has 50 valence electrons. The van der Waals surface area contributed by atoms with Gasteiger partial charge in [0.25, 0.3) is 0 Å². The molecule has 0 saturated carbocycles. The SMILES string of the molecule is CC(C)c1ccn(N)c1. The first-order valence-electron chi connectivity index (χ1n) is 3.13. The van der Waals surface area contributed by atoms with Crippen LogP contribution in [-0.2, 0) is 0 Å². The van der Waals surface area contributed by atoms with E-state index in [1.165, 1.54) is 5.56 Å². The van der Waals surface area contributed by atoms with Gasteiger partial charge in [0.1, 0.15) is 0 Å². The van der Waals surface area contributed by atoms with E-state index in [2.05, 4.69) is 13.8 Å². The van der Waals surface area contributed by atoms with Crippen molar-refractivity contribution in [2.45, 2.75) is 19.8 Å². The number of nitrogens with zero attached hydrogens (tertiary/aromatic N) is 1. The van der Waals surface area contributed by atoms with Crippen LogP contribution in [0.1, 0.15) is 25.3 Å². The zero-order chi connectivity index (χ0) is 6.85. The first-order chi connectivity index (χ1) is 4.20. The summed E-state index contributed by atoms with van der Waals surface area (Å²) < 4.78 is 1.58. The van der Waals surface area contributed by atoms with Crippen LogP contribution in [0.15, 0.2) is 18.5 Å². The summed E-state index contributed by atoms with van der Waals surface area (Å²) in [6, 6.07) is 2.03. The molecule has 0 saturated heterocycles. The quantitative estimate of drug-likeness (QED) is 0.562. The monoisotopic (exact) mass is 124 g/mol. The fourth-order valence-corrected chi connectivity index (χ4v) is 0.772. The third-order valence-corrected chi connectivity index (χ3v) is 1.40. The summed E-state index contributed by atoms with van der Waals surface area (Å²) in [5.74, 6) is 6.01. The smallest absolute Gasteiger partial charge is 0.0290 e. The number of nitrogens with two attached hydrogens (primary N) is 1. The highest BCUT2D eigenvalue weighted by molar-refractivity contribution is 5.13. The lowest BCUT2D eigenvalue weighted by Gasteiger charge is -1.97. The summed E-state index contributed by atoms with van der Waals surface area (Å²) in [6.45, 7) is 4.30. The van der Waals surface area contributed by atoms with Crippen molar-refractivity contribution in [1.82, 2.24) is 4.68 Å². The van der Waals surface area contributed by atoms with Gasteiger partial charge in [0.15, 0.2) is 0 Å². The van der Waals surface area contributed by atoms with Crippen LogP contribution >= 0.6 is 0 Å². The molecule has 0 aliphatic rings. The maximum absolute atomic E-state index is 5.43. The van der Waals surface area contributed by atoms with Gasteiger partial charge in [0.2, 0.25) is 0 Å². The molecule has 0 aliphatic heterocycles. The molecular formula is C7H12N2. The van der Waals surface area contributed by atoms with Gasteiger partial charge in [-0.25, -0.2) is 0 Å². The van der Waals surface area contributed by atoms with Crippen molar-refractivity contribution in [2.75, 3.05) is 5.84 Å². The summed E-state index contributed by atoms with van der Waals surface area (Å²) in [5.41, 5.74) is 1.29. The normalized spacial score (nSPS) is 10.6. The Labute approximate surface area is 55.3 Å². The molecular weight excluding hydrogens is 112 g/mol. The van der Waals surface area contributed by atoms with Crippen molar-refractivity contribution in [2.24, 2.45) is 0 Å². The first kappa shape index (κ1) is 6.20. The van der Waals surface area contributed by atoms with E-state index >= 15 is 0 Å². The van der Waals surface area contributed by atoms with E-state index in [0.717, 1.165) is 0 Å². The third kappa shape index (κ3) is 1.25. The molecule has 0 fully saturated rings. The lowest BCUT2D eigenvalue weighted by atomic mass is 10.1. The van der Waals surface area contributed by atoms with Gasteiger partial charge in [-0.1, -0.05) is 13.8 Å². The van der Waals surface area contributed by atoms with Crippen LogP contribution in [0.3, 0.4) is 0 Å². The van der Waals surface area contributed by atoms with Crippen LogP contribution in [-0.4, -0.2) is 4.68 Å². The van der Waals surface area contributed by atoms with Gasteiger partial charge < -0.3 is 5.84 Å². The van der Waals surface area contributed by atoms with Crippen LogP contribution in [0.25, 0.3) is 0 Å². The highest BCUT2D eigenvalue weighted by Crippen LogP contribution is 2.12. The van der Waals surface area contributed by atoms with E-state index in [0.29, 0.717) is 5.92 Å². The maximum atomic E-state index is 5.43. The second kappa shape index (κ2) is 2.13. The van der Waals surface area contributed by atoms with Gasteiger partial charge in [0, 0.05) is 12.4 Å². The molecule has 1 rings (SSSR count). The second-order valence-corrected chi connectivity index (χ2v) is 2.55. The second-order valence-electron chi connectivity index (χ2n) is 2.55. The topological polar surface area (TPSA) is 30.9 Å². The van der Waals surface area contributed by atoms with E-state index in [9.17, 15) is 0 Å². The predicted octanol–water partition coefficient (Wildman–Crippen LogP) is 1.33. The molecule has 0 unspecified atom stereocenters. The van der Waals surface area contributed by atoms with E-state index in [-0.39, 0.29) is 0 Å². The molecule has 0 spiro atoms. The van der Waals surface area contributed by atoms with Crippen LogP contribution in [0.2, 0.25) is 0 Å². The molecule has 0 aliphatic carbocycles. The van der Waals surface area contributed by atoms with Crippen LogP contribution in [0, 0.1) is 0 Å². The lowest BCUT2D eigenvalue weighted by molar-refractivity contribution is 0.860. The molecule has 0 radical (unpaired) electrons. The highest BCUT2D eigenvalue weighted by atomic mass is 15.3. The van der Waals surface area contributed by atoms with Crippen LogP contribution in [0.5, 0.6) is 0 Å². The zero-order valence-electron chi connectivity index (χ0n) is 5.83. The van der Waals surface area contributed by atoms with Crippen molar-refractivity contribution < 1.29 is 0 Å².